The first kappa shape index (κ1) is 21.8. The summed E-state index contributed by atoms with van der Waals surface area (Å²) in [5.41, 5.74) is 4.16. The first-order valence-corrected chi connectivity index (χ1v) is 11.5. The molecule has 1 heterocycles. The number of carbonyl (C=O) groups excluding carboxylic acids is 1. The zero-order chi connectivity index (χ0) is 23.0. The summed E-state index contributed by atoms with van der Waals surface area (Å²) in [5.74, 6) is 0.658. The number of aromatic nitrogens is 2. The highest BCUT2D eigenvalue weighted by Crippen LogP contribution is 2.42. The lowest BCUT2D eigenvalue weighted by Gasteiger charge is -2.21. The minimum absolute atomic E-state index is 0.0142. The van der Waals surface area contributed by atoms with Crippen LogP contribution in [0, 0.1) is 0 Å². The van der Waals surface area contributed by atoms with Gasteiger partial charge in [0, 0.05) is 11.1 Å². The van der Waals surface area contributed by atoms with Gasteiger partial charge in [0.05, 0.1) is 37.1 Å². The highest BCUT2D eigenvalue weighted by atomic mass is 32.2. The van der Waals surface area contributed by atoms with Crippen LogP contribution >= 0.6 is 0 Å². The van der Waals surface area contributed by atoms with Gasteiger partial charge in [0.1, 0.15) is 0 Å². The number of sulfonamides is 1. The maximum absolute atomic E-state index is 12.6. The van der Waals surface area contributed by atoms with Gasteiger partial charge in [-0.25, -0.2) is 23.0 Å². The number of hydrogen-bond donors (Lipinski definition) is 1. The van der Waals surface area contributed by atoms with Gasteiger partial charge in [-0.3, -0.25) is 0 Å². The lowest BCUT2D eigenvalue weighted by Crippen LogP contribution is -2.12. The number of methoxy groups -OCH3 is 2. The number of fused-ring (bicyclic) bond motifs is 3. The Morgan fingerprint density at radius 3 is 2.34 bits per heavy atom. The smallest absolute Gasteiger partial charge is 0.359 e. The maximum atomic E-state index is 12.6. The molecule has 1 aliphatic carbocycles. The molecular formula is C22H23N3O6S. The zero-order valence-electron chi connectivity index (χ0n) is 17.9. The molecule has 0 unspecified atom stereocenters. The summed E-state index contributed by atoms with van der Waals surface area (Å²) in [6.45, 7) is 1.96. The molecule has 32 heavy (non-hydrogen) atoms. The van der Waals surface area contributed by atoms with E-state index in [1.54, 1.807) is 38.0 Å². The molecule has 0 amide bonds. The number of esters is 1. The Kier molecular flexibility index (Phi) is 5.66. The van der Waals surface area contributed by atoms with Crippen LogP contribution in [0.15, 0.2) is 41.3 Å². The molecule has 0 aliphatic heterocycles. The van der Waals surface area contributed by atoms with Crippen molar-refractivity contribution in [3.8, 4) is 28.4 Å². The molecule has 0 radical (unpaired) electrons. The van der Waals surface area contributed by atoms with Gasteiger partial charge in [-0.2, -0.15) is 5.10 Å². The number of benzene rings is 2. The van der Waals surface area contributed by atoms with Crippen LogP contribution in [-0.4, -0.2) is 45.0 Å². The third kappa shape index (κ3) is 3.71. The van der Waals surface area contributed by atoms with Gasteiger partial charge in [-0.15, -0.1) is 0 Å². The Labute approximate surface area is 185 Å². The standard InChI is InChI=1S/C22H23N3O6S/c1-4-31-22(26)20-16-10-5-13-11-18(29-2)19(30-3)12-17(13)21(16)25(24-20)14-6-8-15(9-7-14)32(23,27)28/h6-9,11-12H,4-5,10H2,1-3H3,(H2,23,27,28). The molecule has 0 atom stereocenters. The maximum Gasteiger partial charge on any atom is 0.359 e. The van der Waals surface area contributed by atoms with E-state index < -0.39 is 16.0 Å². The van der Waals surface area contributed by atoms with Crippen LogP contribution in [0.3, 0.4) is 0 Å². The second kappa shape index (κ2) is 8.29. The van der Waals surface area contributed by atoms with Crippen LogP contribution in [0.1, 0.15) is 28.5 Å². The fraction of sp³-hybridized carbons (Fsp3) is 0.273. The number of primary sulfonamides is 1. The summed E-state index contributed by atoms with van der Waals surface area (Å²) in [6.07, 6.45) is 1.27. The lowest BCUT2D eigenvalue weighted by atomic mass is 9.88. The average molecular weight is 458 g/mol. The highest BCUT2D eigenvalue weighted by molar-refractivity contribution is 7.89. The van der Waals surface area contributed by atoms with Crippen LogP contribution in [0.25, 0.3) is 16.9 Å². The summed E-state index contributed by atoms with van der Waals surface area (Å²) in [7, 11) is -0.699. The van der Waals surface area contributed by atoms with Crippen molar-refractivity contribution in [2.24, 2.45) is 5.14 Å². The van der Waals surface area contributed by atoms with Gasteiger partial charge < -0.3 is 14.2 Å². The zero-order valence-corrected chi connectivity index (χ0v) is 18.7. The number of hydrogen-bond acceptors (Lipinski definition) is 7. The van der Waals surface area contributed by atoms with E-state index in [2.05, 4.69) is 5.10 Å². The molecule has 0 spiro atoms. The van der Waals surface area contributed by atoms with Crippen molar-refractivity contribution in [1.29, 1.82) is 0 Å². The van der Waals surface area contributed by atoms with Crippen LogP contribution in [0.5, 0.6) is 11.5 Å². The summed E-state index contributed by atoms with van der Waals surface area (Å²) < 4.78 is 41.0. The van der Waals surface area contributed by atoms with Crippen molar-refractivity contribution in [2.45, 2.75) is 24.7 Å². The van der Waals surface area contributed by atoms with E-state index in [1.807, 2.05) is 12.1 Å². The van der Waals surface area contributed by atoms with Crippen molar-refractivity contribution < 1.29 is 27.4 Å². The average Bonchev–Trinajstić information content (AvgIpc) is 3.18. The van der Waals surface area contributed by atoms with E-state index >= 15 is 0 Å². The molecule has 0 saturated heterocycles. The van der Waals surface area contributed by atoms with Crippen molar-refractivity contribution >= 4 is 16.0 Å². The first-order chi connectivity index (χ1) is 15.3. The highest BCUT2D eigenvalue weighted by Gasteiger charge is 2.31. The normalized spacial score (nSPS) is 12.6. The minimum Gasteiger partial charge on any atom is -0.493 e. The van der Waals surface area contributed by atoms with E-state index in [4.69, 9.17) is 19.3 Å². The number of nitrogens with two attached hydrogens (primary N) is 1. The lowest BCUT2D eigenvalue weighted by molar-refractivity contribution is 0.0517. The van der Waals surface area contributed by atoms with Crippen LogP contribution in [0.2, 0.25) is 0 Å². The molecule has 2 aromatic carbocycles. The van der Waals surface area contributed by atoms with Crippen molar-refractivity contribution in [3.63, 3.8) is 0 Å². The molecule has 9 nitrogen and oxygen atoms in total. The fourth-order valence-electron chi connectivity index (χ4n) is 3.90. The topological polar surface area (TPSA) is 123 Å². The van der Waals surface area contributed by atoms with E-state index in [1.165, 1.54) is 12.1 Å². The van der Waals surface area contributed by atoms with Crippen molar-refractivity contribution in [2.75, 3.05) is 20.8 Å². The third-order valence-corrected chi connectivity index (χ3v) is 6.30. The van der Waals surface area contributed by atoms with E-state index in [-0.39, 0.29) is 17.2 Å². The number of carbonyl (C=O) groups is 1. The van der Waals surface area contributed by atoms with Crippen LogP contribution in [-0.2, 0) is 27.6 Å². The van der Waals surface area contributed by atoms with E-state index in [0.29, 0.717) is 30.0 Å². The van der Waals surface area contributed by atoms with Gasteiger partial charge in [-0.1, -0.05) is 0 Å². The second-order valence-electron chi connectivity index (χ2n) is 7.21. The van der Waals surface area contributed by atoms with Crippen LogP contribution < -0.4 is 14.6 Å². The molecule has 4 rings (SSSR count). The number of rotatable bonds is 6. The second-order valence-corrected chi connectivity index (χ2v) is 8.77. The van der Waals surface area contributed by atoms with Gasteiger partial charge in [0.15, 0.2) is 17.2 Å². The molecule has 1 aromatic heterocycles. The molecular weight excluding hydrogens is 434 g/mol. The van der Waals surface area contributed by atoms with Gasteiger partial charge >= 0.3 is 5.97 Å². The number of ether oxygens (including phenoxy) is 3. The Hall–Kier alpha value is -3.37. The molecule has 0 fully saturated rings. The molecule has 0 saturated carbocycles. The largest absolute Gasteiger partial charge is 0.493 e. The Morgan fingerprint density at radius 2 is 1.75 bits per heavy atom. The fourth-order valence-corrected chi connectivity index (χ4v) is 4.41. The van der Waals surface area contributed by atoms with E-state index in [9.17, 15) is 13.2 Å². The summed E-state index contributed by atoms with van der Waals surface area (Å²) >= 11 is 0. The SMILES string of the molecule is CCOC(=O)c1nn(-c2ccc(S(N)(=O)=O)cc2)c2c1CCc1cc(OC)c(OC)cc1-2. The Bertz CT molecular complexity index is 1300. The Balaban J connectivity index is 1.95. The third-order valence-electron chi connectivity index (χ3n) is 5.37. The van der Waals surface area contributed by atoms with Gasteiger partial charge in [0.2, 0.25) is 10.0 Å². The number of nitrogens with zero attached hydrogens (tertiary/aromatic N) is 2. The minimum atomic E-state index is -3.83. The molecule has 1 aliphatic rings. The predicted molar refractivity (Wildman–Crippen MR) is 117 cm³/mol. The summed E-state index contributed by atoms with van der Waals surface area (Å²) in [5, 5.41) is 9.78. The molecule has 168 valence electrons. The van der Waals surface area contributed by atoms with Crippen molar-refractivity contribution in [1.82, 2.24) is 9.78 Å². The first-order valence-electron chi connectivity index (χ1n) is 9.96. The van der Waals surface area contributed by atoms with E-state index in [0.717, 1.165) is 22.4 Å². The predicted octanol–water partition coefficient (Wildman–Crippen LogP) is 2.48. The summed E-state index contributed by atoms with van der Waals surface area (Å²) in [4.78, 5) is 12.6. The number of aryl methyl sites for hydroxylation is 1. The Morgan fingerprint density at radius 1 is 1.09 bits per heavy atom. The van der Waals surface area contributed by atoms with Gasteiger partial charge in [-0.05, 0) is 61.7 Å². The molecule has 2 N–H and O–H groups in total. The summed E-state index contributed by atoms with van der Waals surface area (Å²) in [6, 6.07) is 9.77. The van der Waals surface area contributed by atoms with Crippen molar-refractivity contribution in [3.05, 3.63) is 53.2 Å². The quantitative estimate of drug-likeness (QED) is 0.564. The molecule has 3 aromatic rings. The monoisotopic (exact) mass is 457 g/mol. The van der Waals surface area contributed by atoms with Crippen LogP contribution in [0.4, 0.5) is 0 Å². The molecule has 0 bridgehead atoms. The molecule has 10 heteroatoms. The van der Waals surface area contributed by atoms with Gasteiger partial charge in [0.25, 0.3) is 0 Å².